The molecule has 1 aromatic carbocycles. The molecule has 1 amide bonds. The largest absolute Gasteiger partial charge is 0.496 e. The molecule has 2 aromatic rings. The number of benzene rings is 1. The highest BCUT2D eigenvalue weighted by atomic mass is 19.4. The standard InChI is InChI=1S/C17H20F3N5O2/c1-5-13(26)22-16-24-14(17(18,19)20)23-15(25-16)21-10(3)11-7-6-9(2)12(8-11)27-4/h6-8,10H,5H2,1-4H3,(H2,21,22,23,24,25,26). The second-order valence-electron chi connectivity index (χ2n) is 5.80. The van der Waals surface area contributed by atoms with E-state index in [1.165, 1.54) is 7.11 Å². The minimum absolute atomic E-state index is 0.0787. The number of hydrogen-bond acceptors (Lipinski definition) is 6. The zero-order chi connectivity index (χ0) is 20.2. The molecule has 27 heavy (non-hydrogen) atoms. The molecule has 146 valence electrons. The number of rotatable bonds is 6. The van der Waals surface area contributed by atoms with Gasteiger partial charge in [0.2, 0.25) is 23.6 Å². The Labute approximate surface area is 154 Å². The maximum Gasteiger partial charge on any atom is 0.451 e. The highest BCUT2D eigenvalue weighted by Gasteiger charge is 2.36. The lowest BCUT2D eigenvalue weighted by molar-refractivity contribution is -0.145. The Kier molecular flexibility index (Phi) is 6.19. The predicted molar refractivity (Wildman–Crippen MR) is 93.5 cm³/mol. The number of alkyl halides is 3. The first kappa shape index (κ1) is 20.4. The van der Waals surface area contributed by atoms with Gasteiger partial charge in [-0.25, -0.2) is 0 Å². The molecule has 0 spiro atoms. The fraction of sp³-hybridized carbons (Fsp3) is 0.412. The smallest absolute Gasteiger partial charge is 0.451 e. The SMILES string of the molecule is CCC(=O)Nc1nc(NC(C)c2ccc(C)c(OC)c2)nc(C(F)(F)F)n1. The van der Waals surface area contributed by atoms with E-state index in [0.717, 1.165) is 11.1 Å². The third-order valence-electron chi connectivity index (χ3n) is 3.74. The Morgan fingerprint density at radius 2 is 1.89 bits per heavy atom. The van der Waals surface area contributed by atoms with Crippen molar-refractivity contribution in [2.75, 3.05) is 17.7 Å². The normalized spacial score (nSPS) is 12.4. The minimum atomic E-state index is -4.78. The van der Waals surface area contributed by atoms with Crippen LogP contribution in [0, 0.1) is 6.92 Å². The Bertz CT molecular complexity index is 827. The van der Waals surface area contributed by atoms with Gasteiger partial charge in [0.1, 0.15) is 5.75 Å². The van der Waals surface area contributed by atoms with Gasteiger partial charge >= 0.3 is 6.18 Å². The first-order valence-corrected chi connectivity index (χ1v) is 8.18. The average Bonchev–Trinajstić information content (AvgIpc) is 2.60. The van der Waals surface area contributed by atoms with Crippen LogP contribution in [0.3, 0.4) is 0 Å². The molecule has 0 aliphatic rings. The fourth-order valence-corrected chi connectivity index (χ4v) is 2.22. The molecule has 0 aliphatic carbocycles. The van der Waals surface area contributed by atoms with Crippen LogP contribution < -0.4 is 15.4 Å². The summed E-state index contributed by atoms with van der Waals surface area (Å²) in [5, 5.41) is 5.03. The van der Waals surface area contributed by atoms with Gasteiger partial charge in [-0.1, -0.05) is 19.1 Å². The maximum absolute atomic E-state index is 13.1. The van der Waals surface area contributed by atoms with Crippen LogP contribution in [0.5, 0.6) is 5.75 Å². The van der Waals surface area contributed by atoms with Crippen LogP contribution in [-0.2, 0) is 11.0 Å². The van der Waals surface area contributed by atoms with Crippen molar-refractivity contribution in [3.63, 3.8) is 0 Å². The third kappa shape index (κ3) is 5.28. The lowest BCUT2D eigenvalue weighted by atomic mass is 10.1. The van der Waals surface area contributed by atoms with Crippen LogP contribution in [0.2, 0.25) is 0 Å². The van der Waals surface area contributed by atoms with Gasteiger partial charge in [-0.05, 0) is 31.0 Å². The molecule has 1 atom stereocenters. The van der Waals surface area contributed by atoms with Crippen LogP contribution in [0.4, 0.5) is 25.1 Å². The van der Waals surface area contributed by atoms with Gasteiger partial charge in [0.25, 0.3) is 0 Å². The number of methoxy groups -OCH3 is 1. The highest BCUT2D eigenvalue weighted by molar-refractivity contribution is 5.88. The summed E-state index contributed by atoms with van der Waals surface area (Å²) >= 11 is 0. The van der Waals surface area contributed by atoms with E-state index in [0.29, 0.717) is 5.75 Å². The van der Waals surface area contributed by atoms with Crippen molar-refractivity contribution in [3.05, 3.63) is 35.2 Å². The van der Waals surface area contributed by atoms with Gasteiger partial charge in [-0.2, -0.15) is 28.1 Å². The Balaban J connectivity index is 2.33. The molecule has 0 saturated heterocycles. The lowest BCUT2D eigenvalue weighted by Gasteiger charge is -2.17. The monoisotopic (exact) mass is 383 g/mol. The molecule has 7 nitrogen and oxygen atoms in total. The summed E-state index contributed by atoms with van der Waals surface area (Å²) in [5.41, 5.74) is 1.70. The molecule has 0 aliphatic heterocycles. The number of anilines is 2. The van der Waals surface area contributed by atoms with E-state index in [-0.39, 0.29) is 12.4 Å². The van der Waals surface area contributed by atoms with Crippen molar-refractivity contribution in [2.24, 2.45) is 0 Å². The topological polar surface area (TPSA) is 89.0 Å². The van der Waals surface area contributed by atoms with E-state index >= 15 is 0 Å². The number of carbonyl (C=O) groups is 1. The molecule has 10 heteroatoms. The van der Waals surface area contributed by atoms with Gasteiger partial charge in [0.05, 0.1) is 13.2 Å². The molecule has 0 bridgehead atoms. The number of ether oxygens (including phenoxy) is 1. The van der Waals surface area contributed by atoms with Crippen LogP contribution in [0.1, 0.15) is 43.3 Å². The van der Waals surface area contributed by atoms with Crippen LogP contribution >= 0.6 is 0 Å². The third-order valence-corrected chi connectivity index (χ3v) is 3.74. The van der Waals surface area contributed by atoms with Gasteiger partial charge in [0, 0.05) is 6.42 Å². The maximum atomic E-state index is 13.1. The number of amides is 1. The van der Waals surface area contributed by atoms with Crippen molar-refractivity contribution < 1.29 is 22.7 Å². The van der Waals surface area contributed by atoms with Crippen LogP contribution in [-0.4, -0.2) is 28.0 Å². The molecule has 0 fully saturated rings. The van der Waals surface area contributed by atoms with E-state index in [9.17, 15) is 18.0 Å². The van der Waals surface area contributed by atoms with Gasteiger partial charge in [-0.3, -0.25) is 10.1 Å². The van der Waals surface area contributed by atoms with Crippen molar-refractivity contribution >= 4 is 17.8 Å². The summed E-state index contributed by atoms with van der Waals surface area (Å²) < 4.78 is 44.4. The Morgan fingerprint density at radius 1 is 1.22 bits per heavy atom. The van der Waals surface area contributed by atoms with Crippen molar-refractivity contribution in [1.29, 1.82) is 0 Å². The summed E-state index contributed by atoms with van der Waals surface area (Å²) in [7, 11) is 1.54. The molecule has 2 N–H and O–H groups in total. The fourth-order valence-electron chi connectivity index (χ4n) is 2.22. The molecule has 1 heterocycles. The molecular weight excluding hydrogens is 363 g/mol. The summed E-state index contributed by atoms with van der Waals surface area (Å²) in [6, 6.07) is 5.02. The second kappa shape index (κ2) is 8.19. The number of halogens is 3. The van der Waals surface area contributed by atoms with Gasteiger partial charge in [-0.15, -0.1) is 0 Å². The number of carbonyl (C=O) groups excluding carboxylic acids is 1. The summed E-state index contributed by atoms with van der Waals surface area (Å²) in [4.78, 5) is 22.0. The van der Waals surface area contributed by atoms with Crippen molar-refractivity contribution in [1.82, 2.24) is 15.0 Å². The Morgan fingerprint density at radius 3 is 2.48 bits per heavy atom. The van der Waals surface area contributed by atoms with Gasteiger partial charge in [0.15, 0.2) is 0 Å². The number of nitrogens with one attached hydrogen (secondary N) is 2. The first-order valence-electron chi connectivity index (χ1n) is 8.18. The summed E-state index contributed by atoms with van der Waals surface area (Å²) in [5.74, 6) is -1.99. The zero-order valence-corrected chi connectivity index (χ0v) is 15.3. The summed E-state index contributed by atoms with van der Waals surface area (Å²) in [6.07, 6.45) is -4.70. The lowest BCUT2D eigenvalue weighted by Crippen LogP contribution is -2.20. The second-order valence-corrected chi connectivity index (χ2v) is 5.80. The highest BCUT2D eigenvalue weighted by Crippen LogP contribution is 2.29. The molecule has 1 unspecified atom stereocenters. The van der Waals surface area contributed by atoms with E-state index in [1.807, 2.05) is 19.1 Å². The zero-order valence-electron chi connectivity index (χ0n) is 15.3. The van der Waals surface area contributed by atoms with E-state index in [2.05, 4.69) is 25.6 Å². The molecular formula is C17H20F3N5O2. The van der Waals surface area contributed by atoms with Crippen molar-refractivity contribution in [3.8, 4) is 5.75 Å². The number of hydrogen-bond donors (Lipinski definition) is 2. The quantitative estimate of drug-likeness (QED) is 0.790. The first-order chi connectivity index (χ1) is 12.6. The number of nitrogens with zero attached hydrogens (tertiary/aromatic N) is 3. The van der Waals surface area contributed by atoms with E-state index in [1.54, 1.807) is 19.9 Å². The predicted octanol–water partition coefficient (Wildman–Crippen LogP) is 3.73. The van der Waals surface area contributed by atoms with E-state index in [4.69, 9.17) is 4.74 Å². The van der Waals surface area contributed by atoms with Crippen molar-refractivity contribution in [2.45, 2.75) is 39.4 Å². The summed E-state index contributed by atoms with van der Waals surface area (Å²) in [6.45, 7) is 5.18. The van der Waals surface area contributed by atoms with Crippen LogP contribution in [0.25, 0.3) is 0 Å². The van der Waals surface area contributed by atoms with E-state index < -0.39 is 29.9 Å². The molecule has 2 rings (SSSR count). The number of aryl methyl sites for hydroxylation is 1. The molecule has 0 saturated carbocycles. The molecule has 1 aromatic heterocycles. The Hall–Kier alpha value is -2.91. The minimum Gasteiger partial charge on any atom is -0.496 e. The average molecular weight is 383 g/mol. The number of aromatic nitrogens is 3. The van der Waals surface area contributed by atoms with Gasteiger partial charge < -0.3 is 10.1 Å². The van der Waals surface area contributed by atoms with Crippen LogP contribution in [0.15, 0.2) is 18.2 Å². The molecule has 0 radical (unpaired) electrons.